The molecule has 6 rings (SSSR count). The van der Waals surface area contributed by atoms with Crippen LogP contribution >= 0.6 is 0 Å². The molecule has 283 valence electrons. The zero-order valence-corrected chi connectivity index (χ0v) is 34.2. The van der Waals surface area contributed by atoms with Crippen molar-refractivity contribution in [2.45, 2.75) is 116 Å². The lowest BCUT2D eigenvalue weighted by molar-refractivity contribution is -0.929. The van der Waals surface area contributed by atoms with Crippen LogP contribution in [0.15, 0.2) is 127 Å². The number of nitrogens with zero attached hydrogens (tertiary/aromatic N) is 1. The van der Waals surface area contributed by atoms with Gasteiger partial charge in [-0.1, -0.05) is 200 Å². The van der Waals surface area contributed by atoms with Gasteiger partial charge in [-0.2, -0.15) is 0 Å². The highest BCUT2D eigenvalue weighted by molar-refractivity contribution is 6.08. The van der Waals surface area contributed by atoms with Gasteiger partial charge in [0.2, 0.25) is 0 Å². The lowest BCUT2D eigenvalue weighted by Gasteiger charge is -2.39. The number of rotatable bonds is 20. The second-order valence-electron chi connectivity index (χ2n) is 15.7. The minimum Gasteiger partial charge on any atom is -0.626 e. The summed E-state index contributed by atoms with van der Waals surface area (Å²) in [6.07, 6.45) is 16.1. The van der Waals surface area contributed by atoms with Crippen LogP contribution in [0.4, 0.5) is 0 Å². The molecule has 6 aromatic rings. The van der Waals surface area contributed by atoms with Crippen molar-refractivity contribution < 1.29 is 4.48 Å². The minimum atomic E-state index is -0.322. The molecule has 0 aliphatic carbocycles. The van der Waals surface area contributed by atoms with Gasteiger partial charge in [-0.15, -0.1) is 0 Å². The maximum absolute atomic E-state index is 5.93. The van der Waals surface area contributed by atoms with Crippen LogP contribution in [-0.4, -0.2) is 38.5 Å². The van der Waals surface area contributed by atoms with Crippen molar-refractivity contribution in [3.63, 3.8) is 0 Å². The standard InChI is InChI=1S/C36H31B.C16H36N/c37-26-9-1-8-25-36(33-22-10-16-27-13-2-5-19-30(27)33,34-23-11-17-28-14-3-6-20-31(28)34)35-24-12-18-29-15-4-7-21-32(29)35;1-5-9-13-17(14-10-6-2,15-11-7-3)16-12-8-4/h2-7,10-24H,1,8-9,25-26H2;5-16H2,1-4H3/q-1;+1. The van der Waals surface area contributed by atoms with Crippen molar-refractivity contribution in [2.75, 3.05) is 26.2 Å². The molecule has 0 fully saturated rings. The summed E-state index contributed by atoms with van der Waals surface area (Å²) in [6.45, 7) is 15.0. The topological polar surface area (TPSA) is 0 Å². The van der Waals surface area contributed by atoms with Crippen LogP contribution in [-0.2, 0) is 5.41 Å². The molecule has 0 heterocycles. The Morgan fingerprint density at radius 2 is 0.722 bits per heavy atom. The highest BCUT2D eigenvalue weighted by Crippen LogP contribution is 2.50. The van der Waals surface area contributed by atoms with Crippen molar-refractivity contribution in [3.8, 4) is 0 Å². The van der Waals surface area contributed by atoms with Gasteiger partial charge in [-0.25, -0.2) is 0 Å². The molecule has 0 aromatic heterocycles. The van der Waals surface area contributed by atoms with Gasteiger partial charge in [-0.05, 0) is 81.1 Å². The number of hydrogen-bond donors (Lipinski definition) is 0. The summed E-state index contributed by atoms with van der Waals surface area (Å²) in [4.78, 5) is 0. The second kappa shape index (κ2) is 21.3. The molecule has 0 aliphatic heterocycles. The lowest BCUT2D eigenvalue weighted by Crippen LogP contribution is -2.50. The Kier molecular flexibility index (Phi) is 16.3. The molecule has 0 bridgehead atoms. The van der Waals surface area contributed by atoms with Gasteiger partial charge in [0.25, 0.3) is 0 Å². The number of hydrogen-bond acceptors (Lipinski definition) is 0. The zero-order chi connectivity index (χ0) is 38.1. The summed E-state index contributed by atoms with van der Waals surface area (Å²) < 4.78 is 1.42. The van der Waals surface area contributed by atoms with E-state index in [2.05, 4.69) is 155 Å². The van der Waals surface area contributed by atoms with Crippen molar-refractivity contribution in [3.05, 3.63) is 144 Å². The predicted molar refractivity (Wildman–Crippen MR) is 240 cm³/mol. The quantitative estimate of drug-likeness (QED) is 0.0319. The first-order valence-corrected chi connectivity index (χ1v) is 21.6. The Balaban J connectivity index is 0.000000281. The molecule has 0 aliphatic rings. The molecule has 1 nitrogen and oxygen atoms in total. The van der Waals surface area contributed by atoms with E-state index in [0.29, 0.717) is 0 Å². The predicted octanol–water partition coefficient (Wildman–Crippen LogP) is 14.6. The maximum Gasteiger partial charge on any atom is 0.0786 e. The molecule has 54 heavy (non-hydrogen) atoms. The normalized spacial score (nSPS) is 11.9. The van der Waals surface area contributed by atoms with E-state index < -0.39 is 0 Å². The molecule has 3 radical (unpaired) electrons. The van der Waals surface area contributed by atoms with Crippen LogP contribution in [0.2, 0.25) is 6.32 Å². The Bertz CT molecular complexity index is 1750. The van der Waals surface area contributed by atoms with E-state index >= 15 is 0 Å². The zero-order valence-electron chi connectivity index (χ0n) is 34.2. The van der Waals surface area contributed by atoms with Gasteiger partial charge in [0.05, 0.1) is 26.2 Å². The fourth-order valence-corrected chi connectivity index (χ4v) is 8.99. The van der Waals surface area contributed by atoms with Crippen LogP contribution < -0.4 is 0 Å². The van der Waals surface area contributed by atoms with Crippen LogP contribution in [0.1, 0.15) is 121 Å². The van der Waals surface area contributed by atoms with E-state index in [0.717, 1.165) is 32.0 Å². The minimum absolute atomic E-state index is 0.322. The fourth-order valence-electron chi connectivity index (χ4n) is 8.99. The van der Waals surface area contributed by atoms with E-state index in [1.807, 2.05) is 0 Å². The van der Waals surface area contributed by atoms with Gasteiger partial charge in [0, 0.05) is 5.41 Å². The molecule has 0 saturated carbocycles. The summed E-state index contributed by atoms with van der Waals surface area (Å²) in [6, 6.07) is 47.1. The monoisotopic (exact) mass is 717 g/mol. The van der Waals surface area contributed by atoms with Gasteiger partial charge in [0.1, 0.15) is 0 Å². The molecular formula is C52H67BN. The number of fused-ring (bicyclic) bond motifs is 3. The fraction of sp³-hybridized carbons (Fsp3) is 0.423. The lowest BCUT2D eigenvalue weighted by atomic mass is 9.63. The SMILES string of the molecule is CCCC[N+](CCCC)(CCCC)CCCC.[B-]CCCCCC(c1cccc2ccccc12)(c1cccc2ccccc12)c1cccc2ccccc12. The van der Waals surface area contributed by atoms with Gasteiger partial charge in [-0.3, -0.25) is 6.32 Å². The highest BCUT2D eigenvalue weighted by atomic mass is 15.3. The maximum atomic E-state index is 5.93. The van der Waals surface area contributed by atoms with Crippen LogP contribution in [0.5, 0.6) is 0 Å². The van der Waals surface area contributed by atoms with Gasteiger partial charge < -0.3 is 12.3 Å². The summed E-state index contributed by atoms with van der Waals surface area (Å²) in [5.74, 6) is 0. The third-order valence-corrected chi connectivity index (χ3v) is 11.9. The van der Waals surface area contributed by atoms with Crippen LogP contribution in [0.25, 0.3) is 32.3 Å². The molecule has 0 unspecified atom stereocenters. The summed E-state index contributed by atoms with van der Waals surface area (Å²) in [5.41, 5.74) is 3.82. The summed E-state index contributed by atoms with van der Waals surface area (Å²) in [5, 5.41) is 7.82. The first-order valence-electron chi connectivity index (χ1n) is 21.6. The van der Waals surface area contributed by atoms with E-state index in [-0.39, 0.29) is 5.41 Å². The van der Waals surface area contributed by atoms with Gasteiger partial charge >= 0.3 is 0 Å². The van der Waals surface area contributed by atoms with E-state index in [1.54, 1.807) is 0 Å². The third-order valence-electron chi connectivity index (χ3n) is 11.9. The summed E-state index contributed by atoms with van der Waals surface area (Å²) in [7, 11) is 5.93. The van der Waals surface area contributed by atoms with Crippen molar-refractivity contribution >= 4 is 40.2 Å². The van der Waals surface area contributed by atoms with E-state index in [4.69, 9.17) is 7.85 Å². The Labute approximate surface area is 330 Å². The Morgan fingerprint density at radius 1 is 0.389 bits per heavy atom. The molecule has 6 aromatic carbocycles. The average molecular weight is 717 g/mol. The Morgan fingerprint density at radius 3 is 1.06 bits per heavy atom. The third kappa shape index (κ3) is 9.86. The number of benzene rings is 6. The highest BCUT2D eigenvalue weighted by Gasteiger charge is 2.39. The molecule has 0 spiro atoms. The van der Waals surface area contributed by atoms with Gasteiger partial charge in [0.15, 0.2) is 0 Å². The van der Waals surface area contributed by atoms with E-state index in [1.165, 1.54) is 131 Å². The first kappa shape index (κ1) is 41.3. The molecular weight excluding hydrogens is 649 g/mol. The molecule has 2 heteroatoms. The summed E-state index contributed by atoms with van der Waals surface area (Å²) >= 11 is 0. The van der Waals surface area contributed by atoms with Crippen molar-refractivity contribution in [1.29, 1.82) is 0 Å². The van der Waals surface area contributed by atoms with Crippen LogP contribution in [0, 0.1) is 0 Å². The van der Waals surface area contributed by atoms with Crippen LogP contribution in [0.3, 0.4) is 0 Å². The molecule has 0 atom stereocenters. The van der Waals surface area contributed by atoms with Crippen molar-refractivity contribution in [1.82, 2.24) is 0 Å². The number of quaternary nitrogens is 1. The number of unbranched alkanes of at least 4 members (excludes halogenated alkanes) is 6. The van der Waals surface area contributed by atoms with Crippen molar-refractivity contribution in [2.24, 2.45) is 0 Å². The molecule has 0 saturated heterocycles. The Hall–Kier alpha value is -3.88. The first-order chi connectivity index (χ1) is 26.6. The largest absolute Gasteiger partial charge is 0.626 e. The molecule has 0 amide bonds. The average Bonchev–Trinajstić information content (AvgIpc) is 3.23. The smallest absolute Gasteiger partial charge is 0.0786 e. The molecule has 0 N–H and O–H groups in total. The second-order valence-corrected chi connectivity index (χ2v) is 15.7. The van der Waals surface area contributed by atoms with E-state index in [9.17, 15) is 0 Å².